The molecule has 1 aliphatic rings. The van der Waals surface area contributed by atoms with Crippen molar-refractivity contribution in [3.63, 3.8) is 0 Å². The molecular weight excluding hydrogens is 246 g/mol. The average molecular weight is 265 g/mol. The van der Waals surface area contributed by atoms with Crippen molar-refractivity contribution in [1.82, 2.24) is 9.88 Å². The van der Waals surface area contributed by atoms with E-state index in [2.05, 4.69) is 16.9 Å². The van der Waals surface area contributed by atoms with Gasteiger partial charge in [-0.25, -0.2) is 4.98 Å². The van der Waals surface area contributed by atoms with Crippen LogP contribution in [-0.2, 0) is 0 Å². The van der Waals surface area contributed by atoms with Crippen molar-refractivity contribution in [3.8, 4) is 5.88 Å². The highest BCUT2D eigenvalue weighted by Gasteiger charge is 2.25. The summed E-state index contributed by atoms with van der Waals surface area (Å²) in [5.41, 5.74) is 7.27. The van der Waals surface area contributed by atoms with E-state index < -0.39 is 0 Å². The van der Waals surface area contributed by atoms with Gasteiger partial charge in [0, 0.05) is 18.3 Å². The molecule has 2 rings (SSSR count). The van der Waals surface area contributed by atoms with E-state index in [9.17, 15) is 0 Å². The SMILES string of the molecule is Cc1ccc(C(N)=S)c(OCCN(C)C2CC2)n1. The van der Waals surface area contributed by atoms with E-state index in [-0.39, 0.29) is 0 Å². The van der Waals surface area contributed by atoms with Gasteiger partial charge in [-0.05, 0) is 38.9 Å². The Hall–Kier alpha value is -1.20. The van der Waals surface area contributed by atoms with Crippen LogP contribution in [0, 0.1) is 6.92 Å². The number of nitrogens with zero attached hydrogens (tertiary/aromatic N) is 2. The Morgan fingerprint density at radius 2 is 2.28 bits per heavy atom. The molecule has 1 aromatic rings. The largest absolute Gasteiger partial charge is 0.476 e. The van der Waals surface area contributed by atoms with Gasteiger partial charge in [0.15, 0.2) is 0 Å². The number of hydrogen-bond acceptors (Lipinski definition) is 4. The minimum Gasteiger partial charge on any atom is -0.476 e. The molecule has 18 heavy (non-hydrogen) atoms. The average Bonchev–Trinajstić information content (AvgIpc) is 3.12. The van der Waals surface area contributed by atoms with E-state index in [0.29, 0.717) is 23.0 Å². The van der Waals surface area contributed by atoms with Crippen LogP contribution in [-0.4, -0.2) is 41.1 Å². The van der Waals surface area contributed by atoms with Crippen LogP contribution in [0.2, 0.25) is 0 Å². The summed E-state index contributed by atoms with van der Waals surface area (Å²) in [5.74, 6) is 0.548. The molecular formula is C13H19N3OS. The van der Waals surface area contributed by atoms with Crippen molar-refractivity contribution < 1.29 is 4.74 Å². The van der Waals surface area contributed by atoms with Crippen molar-refractivity contribution in [2.75, 3.05) is 20.2 Å². The summed E-state index contributed by atoms with van der Waals surface area (Å²) in [6.45, 7) is 3.43. The Balaban J connectivity index is 1.94. The molecule has 0 aromatic carbocycles. The third-order valence-electron chi connectivity index (χ3n) is 3.12. The van der Waals surface area contributed by atoms with Gasteiger partial charge in [-0.15, -0.1) is 0 Å². The molecule has 1 heterocycles. The highest BCUT2D eigenvalue weighted by molar-refractivity contribution is 7.80. The molecule has 4 nitrogen and oxygen atoms in total. The summed E-state index contributed by atoms with van der Waals surface area (Å²) in [6, 6.07) is 4.50. The summed E-state index contributed by atoms with van der Waals surface area (Å²) in [6.07, 6.45) is 2.61. The van der Waals surface area contributed by atoms with Crippen LogP contribution < -0.4 is 10.5 Å². The van der Waals surface area contributed by atoms with Crippen LogP contribution in [0.4, 0.5) is 0 Å². The molecule has 1 aromatic heterocycles. The summed E-state index contributed by atoms with van der Waals surface area (Å²) >= 11 is 4.99. The quantitative estimate of drug-likeness (QED) is 0.790. The van der Waals surface area contributed by atoms with Crippen LogP contribution in [0.15, 0.2) is 12.1 Å². The lowest BCUT2D eigenvalue weighted by Crippen LogP contribution is -2.26. The number of pyridine rings is 1. The number of likely N-dealkylation sites (N-methyl/N-ethyl adjacent to an activating group) is 1. The van der Waals surface area contributed by atoms with Gasteiger partial charge >= 0.3 is 0 Å². The molecule has 0 atom stereocenters. The Labute approximate surface area is 113 Å². The van der Waals surface area contributed by atoms with Crippen LogP contribution in [0.1, 0.15) is 24.1 Å². The molecule has 0 saturated heterocycles. The molecule has 0 unspecified atom stereocenters. The van der Waals surface area contributed by atoms with Gasteiger partial charge in [-0.1, -0.05) is 12.2 Å². The molecule has 0 spiro atoms. The molecule has 0 amide bonds. The minimum absolute atomic E-state index is 0.327. The maximum absolute atomic E-state index is 5.71. The topological polar surface area (TPSA) is 51.4 Å². The first kappa shape index (κ1) is 13.2. The zero-order chi connectivity index (χ0) is 13.1. The number of hydrogen-bond donors (Lipinski definition) is 1. The fourth-order valence-electron chi connectivity index (χ4n) is 1.81. The fourth-order valence-corrected chi connectivity index (χ4v) is 1.97. The second-order valence-electron chi connectivity index (χ2n) is 4.73. The highest BCUT2D eigenvalue weighted by atomic mass is 32.1. The zero-order valence-corrected chi connectivity index (χ0v) is 11.7. The van der Waals surface area contributed by atoms with E-state index in [0.717, 1.165) is 18.3 Å². The number of aryl methyl sites for hydroxylation is 1. The normalized spacial score (nSPS) is 14.8. The molecule has 2 N–H and O–H groups in total. The van der Waals surface area contributed by atoms with E-state index in [1.807, 2.05) is 19.1 Å². The molecule has 5 heteroatoms. The van der Waals surface area contributed by atoms with E-state index >= 15 is 0 Å². The summed E-state index contributed by atoms with van der Waals surface area (Å²) in [4.78, 5) is 6.99. The van der Waals surface area contributed by atoms with Gasteiger partial charge in [0.05, 0.1) is 5.56 Å². The molecule has 0 bridgehead atoms. The van der Waals surface area contributed by atoms with Crippen LogP contribution >= 0.6 is 12.2 Å². The Kier molecular flexibility index (Phi) is 4.14. The summed E-state index contributed by atoms with van der Waals surface area (Å²) in [7, 11) is 2.12. The van der Waals surface area contributed by atoms with Crippen molar-refractivity contribution in [1.29, 1.82) is 0 Å². The van der Waals surface area contributed by atoms with Crippen molar-refractivity contribution in [2.45, 2.75) is 25.8 Å². The lowest BCUT2D eigenvalue weighted by Gasteiger charge is -2.16. The third-order valence-corrected chi connectivity index (χ3v) is 3.34. The van der Waals surface area contributed by atoms with E-state index in [1.165, 1.54) is 12.8 Å². The molecule has 0 aliphatic heterocycles. The predicted molar refractivity (Wildman–Crippen MR) is 76.0 cm³/mol. The zero-order valence-electron chi connectivity index (χ0n) is 10.8. The molecule has 1 fully saturated rings. The highest BCUT2D eigenvalue weighted by Crippen LogP contribution is 2.25. The lowest BCUT2D eigenvalue weighted by molar-refractivity contribution is 0.226. The second-order valence-corrected chi connectivity index (χ2v) is 5.17. The second kappa shape index (κ2) is 5.63. The first-order valence-corrected chi connectivity index (χ1v) is 6.59. The van der Waals surface area contributed by atoms with Crippen LogP contribution in [0.25, 0.3) is 0 Å². The van der Waals surface area contributed by atoms with Gasteiger partial charge in [0.2, 0.25) is 5.88 Å². The van der Waals surface area contributed by atoms with Crippen LogP contribution in [0.3, 0.4) is 0 Å². The molecule has 1 saturated carbocycles. The standard InChI is InChI=1S/C13H19N3OS/c1-9-3-6-11(12(14)18)13(15-9)17-8-7-16(2)10-4-5-10/h3,6,10H,4-5,7-8H2,1-2H3,(H2,14,18). The number of thiocarbonyl (C=S) groups is 1. The van der Waals surface area contributed by atoms with E-state index in [4.69, 9.17) is 22.7 Å². The molecule has 1 aliphatic carbocycles. The van der Waals surface area contributed by atoms with Gasteiger partial charge in [0.1, 0.15) is 11.6 Å². The van der Waals surface area contributed by atoms with Crippen molar-refractivity contribution >= 4 is 17.2 Å². The van der Waals surface area contributed by atoms with Crippen LogP contribution in [0.5, 0.6) is 5.88 Å². The van der Waals surface area contributed by atoms with Crippen molar-refractivity contribution in [2.24, 2.45) is 5.73 Å². The maximum Gasteiger partial charge on any atom is 0.224 e. The van der Waals surface area contributed by atoms with Crippen molar-refractivity contribution in [3.05, 3.63) is 23.4 Å². The van der Waals surface area contributed by atoms with Gasteiger partial charge in [-0.2, -0.15) is 0 Å². The Morgan fingerprint density at radius 3 is 2.89 bits per heavy atom. The summed E-state index contributed by atoms with van der Waals surface area (Å²) < 4.78 is 5.71. The monoisotopic (exact) mass is 265 g/mol. The van der Waals surface area contributed by atoms with E-state index in [1.54, 1.807) is 0 Å². The summed E-state index contributed by atoms with van der Waals surface area (Å²) in [5, 5.41) is 0. The smallest absolute Gasteiger partial charge is 0.224 e. The number of rotatable bonds is 6. The predicted octanol–water partition coefficient (Wildman–Crippen LogP) is 1.50. The number of nitrogens with two attached hydrogens (primary N) is 1. The minimum atomic E-state index is 0.327. The lowest BCUT2D eigenvalue weighted by atomic mass is 10.2. The maximum atomic E-state index is 5.71. The fraction of sp³-hybridized carbons (Fsp3) is 0.538. The van der Waals surface area contributed by atoms with Gasteiger partial charge in [0.25, 0.3) is 0 Å². The third kappa shape index (κ3) is 3.40. The first-order chi connectivity index (χ1) is 8.58. The Morgan fingerprint density at radius 1 is 1.56 bits per heavy atom. The molecule has 0 radical (unpaired) electrons. The Bertz CT molecular complexity index is 446. The van der Waals surface area contributed by atoms with Gasteiger partial charge < -0.3 is 15.4 Å². The number of ether oxygens (including phenoxy) is 1. The first-order valence-electron chi connectivity index (χ1n) is 6.18. The number of aromatic nitrogens is 1. The molecule has 98 valence electrons. The van der Waals surface area contributed by atoms with Gasteiger partial charge in [-0.3, -0.25) is 0 Å².